The van der Waals surface area contributed by atoms with Gasteiger partial charge in [-0.2, -0.15) is 0 Å². The zero-order valence-corrected chi connectivity index (χ0v) is 11.3. The number of nitrogens with one attached hydrogen (secondary N) is 1. The van der Waals surface area contributed by atoms with E-state index in [4.69, 9.17) is 4.74 Å². The number of ether oxygens (including phenoxy) is 1. The van der Waals surface area contributed by atoms with Crippen LogP contribution < -0.4 is 5.32 Å². The highest BCUT2D eigenvalue weighted by molar-refractivity contribution is 4.83. The minimum Gasteiger partial charge on any atom is -0.381 e. The average molecular weight is 227 g/mol. The van der Waals surface area contributed by atoms with E-state index >= 15 is 0 Å². The van der Waals surface area contributed by atoms with Crippen molar-refractivity contribution in [3.63, 3.8) is 0 Å². The maximum absolute atomic E-state index is 5.62. The average Bonchev–Trinajstić information content (AvgIpc) is 2.35. The Hall–Kier alpha value is -0.0800. The first kappa shape index (κ1) is 14.0. The fraction of sp³-hybridized carbons (Fsp3) is 1.00. The third kappa shape index (κ3) is 4.06. The lowest BCUT2D eigenvalue weighted by Gasteiger charge is -2.35. The van der Waals surface area contributed by atoms with Gasteiger partial charge in [-0.05, 0) is 38.1 Å². The van der Waals surface area contributed by atoms with Crippen LogP contribution in [0.25, 0.3) is 0 Å². The lowest BCUT2D eigenvalue weighted by Crippen LogP contribution is -2.43. The largest absolute Gasteiger partial charge is 0.381 e. The Morgan fingerprint density at radius 1 is 1.38 bits per heavy atom. The summed E-state index contributed by atoms with van der Waals surface area (Å²) < 4.78 is 5.62. The molecule has 3 atom stereocenters. The molecule has 1 aliphatic heterocycles. The molecule has 0 spiro atoms. The van der Waals surface area contributed by atoms with Gasteiger partial charge in [0.25, 0.3) is 0 Å². The number of hydrogen-bond donors (Lipinski definition) is 1. The van der Waals surface area contributed by atoms with Crippen LogP contribution in [0.3, 0.4) is 0 Å². The van der Waals surface area contributed by atoms with E-state index < -0.39 is 0 Å². The second-order valence-corrected chi connectivity index (χ2v) is 5.10. The quantitative estimate of drug-likeness (QED) is 0.721. The van der Waals surface area contributed by atoms with E-state index in [9.17, 15) is 0 Å². The van der Waals surface area contributed by atoms with E-state index in [1.165, 1.54) is 38.5 Å². The van der Waals surface area contributed by atoms with E-state index in [1.807, 2.05) is 0 Å². The Kier molecular flexibility index (Phi) is 7.06. The first-order valence-electron chi connectivity index (χ1n) is 7.08. The lowest BCUT2D eigenvalue weighted by molar-refractivity contribution is 0.0285. The number of hydrogen-bond acceptors (Lipinski definition) is 2. The molecule has 0 aromatic rings. The third-order valence-electron chi connectivity index (χ3n) is 4.00. The molecule has 1 N–H and O–H groups in total. The van der Waals surface area contributed by atoms with Crippen LogP contribution in [0.5, 0.6) is 0 Å². The smallest absolute Gasteiger partial charge is 0.0509 e. The maximum Gasteiger partial charge on any atom is 0.0509 e. The molecule has 1 rings (SSSR count). The molecule has 1 aliphatic rings. The van der Waals surface area contributed by atoms with E-state index in [1.54, 1.807) is 0 Å². The highest BCUT2D eigenvalue weighted by Gasteiger charge is 2.28. The van der Waals surface area contributed by atoms with Crippen LogP contribution in [0.2, 0.25) is 0 Å². The van der Waals surface area contributed by atoms with Crippen molar-refractivity contribution in [1.29, 1.82) is 0 Å². The van der Waals surface area contributed by atoms with Crippen molar-refractivity contribution in [2.75, 3.05) is 20.3 Å². The van der Waals surface area contributed by atoms with Crippen molar-refractivity contribution in [3.8, 4) is 0 Å². The first-order valence-corrected chi connectivity index (χ1v) is 7.08. The van der Waals surface area contributed by atoms with Crippen molar-refractivity contribution < 1.29 is 4.74 Å². The van der Waals surface area contributed by atoms with Gasteiger partial charge in [0.2, 0.25) is 0 Å². The molecule has 16 heavy (non-hydrogen) atoms. The van der Waals surface area contributed by atoms with Gasteiger partial charge in [-0.15, -0.1) is 0 Å². The zero-order valence-electron chi connectivity index (χ0n) is 11.3. The van der Waals surface area contributed by atoms with Gasteiger partial charge in [0.05, 0.1) is 6.61 Å². The van der Waals surface area contributed by atoms with Crippen molar-refractivity contribution >= 4 is 0 Å². The summed E-state index contributed by atoms with van der Waals surface area (Å²) in [5.41, 5.74) is 0. The topological polar surface area (TPSA) is 21.3 Å². The SMILES string of the molecule is CCCCC(CC)C(NC)C1CCCOC1. The van der Waals surface area contributed by atoms with E-state index in [2.05, 4.69) is 26.2 Å². The molecule has 96 valence electrons. The van der Waals surface area contributed by atoms with Crippen molar-refractivity contribution in [2.45, 2.75) is 58.4 Å². The van der Waals surface area contributed by atoms with Crippen LogP contribution >= 0.6 is 0 Å². The molecule has 0 radical (unpaired) electrons. The second-order valence-electron chi connectivity index (χ2n) is 5.10. The van der Waals surface area contributed by atoms with E-state index in [-0.39, 0.29) is 0 Å². The molecule has 1 saturated heterocycles. The first-order chi connectivity index (χ1) is 7.83. The van der Waals surface area contributed by atoms with Crippen molar-refractivity contribution in [2.24, 2.45) is 11.8 Å². The van der Waals surface area contributed by atoms with Gasteiger partial charge in [0.15, 0.2) is 0 Å². The Labute approximate surface area is 101 Å². The van der Waals surface area contributed by atoms with Crippen molar-refractivity contribution in [1.82, 2.24) is 5.32 Å². The van der Waals surface area contributed by atoms with Gasteiger partial charge in [-0.3, -0.25) is 0 Å². The van der Waals surface area contributed by atoms with Crippen LogP contribution in [0.1, 0.15) is 52.4 Å². The second kappa shape index (κ2) is 8.08. The molecule has 2 nitrogen and oxygen atoms in total. The van der Waals surface area contributed by atoms with E-state index in [0.29, 0.717) is 6.04 Å². The maximum atomic E-state index is 5.62. The summed E-state index contributed by atoms with van der Waals surface area (Å²) in [6.45, 7) is 6.55. The van der Waals surface area contributed by atoms with Gasteiger partial charge in [-0.1, -0.05) is 33.1 Å². The van der Waals surface area contributed by atoms with Crippen LogP contribution in [0.4, 0.5) is 0 Å². The molecule has 0 saturated carbocycles. The normalized spacial score (nSPS) is 25.3. The van der Waals surface area contributed by atoms with Gasteiger partial charge in [0, 0.05) is 12.6 Å². The predicted molar refractivity (Wildman–Crippen MR) is 69.7 cm³/mol. The summed E-state index contributed by atoms with van der Waals surface area (Å²) in [4.78, 5) is 0. The molecule has 0 bridgehead atoms. The van der Waals surface area contributed by atoms with Gasteiger partial charge in [0.1, 0.15) is 0 Å². The minimum absolute atomic E-state index is 0.664. The van der Waals surface area contributed by atoms with Crippen molar-refractivity contribution in [3.05, 3.63) is 0 Å². The molecule has 0 aliphatic carbocycles. The molecule has 0 aromatic heterocycles. The van der Waals surface area contributed by atoms with Crippen LogP contribution in [0, 0.1) is 11.8 Å². The van der Waals surface area contributed by atoms with Gasteiger partial charge in [-0.25, -0.2) is 0 Å². The molecular weight excluding hydrogens is 198 g/mol. The van der Waals surface area contributed by atoms with Crippen LogP contribution in [0.15, 0.2) is 0 Å². The Morgan fingerprint density at radius 3 is 2.69 bits per heavy atom. The molecule has 0 aromatic carbocycles. The summed E-state index contributed by atoms with van der Waals surface area (Å²) in [6, 6.07) is 0.664. The molecule has 0 amide bonds. The summed E-state index contributed by atoms with van der Waals surface area (Å²) in [5, 5.41) is 3.55. The Balaban J connectivity index is 2.47. The van der Waals surface area contributed by atoms with Crippen LogP contribution in [-0.2, 0) is 4.74 Å². The van der Waals surface area contributed by atoms with E-state index in [0.717, 1.165) is 25.0 Å². The predicted octanol–water partition coefficient (Wildman–Crippen LogP) is 3.22. The standard InChI is InChI=1S/C14H29NO/c1-4-6-8-12(5-2)14(15-3)13-9-7-10-16-11-13/h12-15H,4-11H2,1-3H3. The fourth-order valence-corrected chi connectivity index (χ4v) is 3.01. The number of unbranched alkanes of at least 4 members (excludes halogenated alkanes) is 1. The highest BCUT2D eigenvalue weighted by Crippen LogP contribution is 2.27. The summed E-state index contributed by atoms with van der Waals surface area (Å²) in [6.07, 6.45) is 7.93. The van der Waals surface area contributed by atoms with Crippen LogP contribution in [-0.4, -0.2) is 26.3 Å². The van der Waals surface area contributed by atoms with Gasteiger partial charge < -0.3 is 10.1 Å². The Morgan fingerprint density at radius 2 is 2.19 bits per heavy atom. The monoisotopic (exact) mass is 227 g/mol. The molecule has 3 unspecified atom stereocenters. The third-order valence-corrected chi connectivity index (χ3v) is 4.00. The fourth-order valence-electron chi connectivity index (χ4n) is 3.01. The highest BCUT2D eigenvalue weighted by atomic mass is 16.5. The number of rotatable bonds is 7. The summed E-state index contributed by atoms with van der Waals surface area (Å²) in [5.74, 6) is 1.57. The molecule has 1 fully saturated rings. The molecule has 1 heterocycles. The summed E-state index contributed by atoms with van der Waals surface area (Å²) in [7, 11) is 2.12. The zero-order chi connectivity index (χ0) is 11.8. The van der Waals surface area contributed by atoms with Gasteiger partial charge >= 0.3 is 0 Å². The summed E-state index contributed by atoms with van der Waals surface area (Å²) >= 11 is 0. The lowest BCUT2D eigenvalue weighted by atomic mass is 9.81. The Bertz CT molecular complexity index is 166. The minimum atomic E-state index is 0.664. The molecular formula is C14H29NO. The molecule has 2 heteroatoms.